The summed E-state index contributed by atoms with van der Waals surface area (Å²) in [6.07, 6.45) is 0. The van der Waals surface area contributed by atoms with Crippen molar-refractivity contribution in [2.75, 3.05) is 0 Å². The Balaban J connectivity index is 1.65. The zero-order chi connectivity index (χ0) is 22.9. The Morgan fingerprint density at radius 1 is 0.576 bits per heavy atom. The molecule has 4 aromatic carbocycles. The molecule has 0 heterocycles. The maximum absolute atomic E-state index is 12.0. The topological polar surface area (TPSA) is 44.8 Å². The average Bonchev–Trinajstić information content (AvgIpc) is 2.87. The molecule has 0 amide bonds. The number of halogens is 1. The van der Waals surface area contributed by atoms with Gasteiger partial charge >= 0.3 is 0 Å². The first-order chi connectivity index (χ1) is 16.2. The highest BCUT2D eigenvalue weighted by Gasteiger charge is 2.19. The first kappa shape index (κ1) is 22.4. The molecule has 0 aliphatic carbocycles. The Kier molecular flexibility index (Phi) is 7.62. The van der Waals surface area contributed by atoms with Crippen LogP contribution >= 0.6 is 11.6 Å². The van der Waals surface area contributed by atoms with Crippen LogP contribution in [-0.2, 0) is 19.8 Å². The molecule has 5 heteroatoms. The van der Waals surface area contributed by atoms with E-state index in [-0.39, 0.29) is 5.56 Å². The van der Waals surface area contributed by atoms with Gasteiger partial charge in [-0.2, -0.15) is 0 Å². The van der Waals surface area contributed by atoms with Crippen molar-refractivity contribution in [3.05, 3.63) is 125 Å². The van der Waals surface area contributed by atoms with Gasteiger partial charge in [-0.05, 0) is 40.4 Å². The summed E-state index contributed by atoms with van der Waals surface area (Å²) < 4.78 is 18.3. The standard InChI is InChI=1S/C28H23ClO4/c29-28(30)24-16-25(31-18-21-10-4-1-5-11-21)27(33-20-23-14-8-3-9-15-23)26(17-24)32-19-22-12-6-2-7-13-22/h1-17H,18-20H2. The van der Waals surface area contributed by atoms with E-state index in [2.05, 4.69) is 0 Å². The summed E-state index contributed by atoms with van der Waals surface area (Å²) in [5.74, 6) is 1.21. The highest BCUT2D eigenvalue weighted by atomic mass is 35.5. The molecule has 0 saturated carbocycles. The third-order valence-electron chi connectivity index (χ3n) is 4.95. The van der Waals surface area contributed by atoms with Crippen molar-refractivity contribution in [1.29, 1.82) is 0 Å². The smallest absolute Gasteiger partial charge is 0.252 e. The van der Waals surface area contributed by atoms with Gasteiger partial charge < -0.3 is 14.2 Å². The number of benzene rings is 4. The van der Waals surface area contributed by atoms with Gasteiger partial charge in [-0.25, -0.2) is 0 Å². The van der Waals surface area contributed by atoms with Crippen LogP contribution in [0, 0.1) is 0 Å². The van der Waals surface area contributed by atoms with E-state index in [1.807, 2.05) is 91.0 Å². The third kappa shape index (κ3) is 6.37. The summed E-state index contributed by atoms with van der Waals surface area (Å²) in [7, 11) is 0. The highest BCUT2D eigenvalue weighted by molar-refractivity contribution is 6.67. The molecule has 4 nitrogen and oxygen atoms in total. The van der Waals surface area contributed by atoms with Gasteiger partial charge in [0.05, 0.1) is 0 Å². The molecule has 0 radical (unpaired) electrons. The largest absolute Gasteiger partial charge is 0.485 e. The van der Waals surface area contributed by atoms with E-state index >= 15 is 0 Å². The van der Waals surface area contributed by atoms with Crippen LogP contribution in [-0.4, -0.2) is 5.24 Å². The fourth-order valence-electron chi connectivity index (χ4n) is 3.25. The molecule has 33 heavy (non-hydrogen) atoms. The predicted octanol–water partition coefficient (Wildman–Crippen LogP) is 6.80. The molecule has 0 aliphatic rings. The lowest BCUT2D eigenvalue weighted by atomic mass is 10.2. The van der Waals surface area contributed by atoms with Gasteiger partial charge in [0.25, 0.3) is 5.24 Å². The van der Waals surface area contributed by atoms with Crippen LogP contribution in [0.1, 0.15) is 27.0 Å². The number of hydrogen-bond acceptors (Lipinski definition) is 4. The van der Waals surface area contributed by atoms with Crippen LogP contribution in [0.25, 0.3) is 0 Å². The SMILES string of the molecule is O=C(Cl)c1cc(OCc2ccccc2)c(OCc2ccccc2)c(OCc2ccccc2)c1. The quantitative estimate of drug-likeness (QED) is 0.245. The van der Waals surface area contributed by atoms with E-state index in [1.165, 1.54) is 0 Å². The Labute approximate surface area is 198 Å². The van der Waals surface area contributed by atoms with Crippen molar-refractivity contribution in [2.45, 2.75) is 19.8 Å². The third-order valence-corrected chi connectivity index (χ3v) is 5.17. The minimum absolute atomic E-state index is 0.273. The van der Waals surface area contributed by atoms with Crippen LogP contribution in [0.4, 0.5) is 0 Å². The van der Waals surface area contributed by atoms with E-state index in [0.717, 1.165) is 16.7 Å². The summed E-state index contributed by atoms with van der Waals surface area (Å²) in [5.41, 5.74) is 3.24. The normalized spacial score (nSPS) is 10.5. The van der Waals surface area contributed by atoms with Crippen molar-refractivity contribution in [1.82, 2.24) is 0 Å². The number of ether oxygens (including phenoxy) is 3. The van der Waals surface area contributed by atoms with Gasteiger partial charge in [0.15, 0.2) is 11.5 Å². The van der Waals surface area contributed by atoms with E-state index in [1.54, 1.807) is 12.1 Å². The minimum atomic E-state index is -0.598. The van der Waals surface area contributed by atoms with Crippen molar-refractivity contribution >= 4 is 16.8 Å². The molecule has 166 valence electrons. The Bertz CT molecular complexity index is 1110. The fraction of sp³-hybridized carbons (Fsp3) is 0.107. The summed E-state index contributed by atoms with van der Waals surface area (Å²) in [4.78, 5) is 12.0. The monoisotopic (exact) mass is 458 g/mol. The fourth-order valence-corrected chi connectivity index (χ4v) is 3.36. The van der Waals surface area contributed by atoms with Crippen LogP contribution in [0.5, 0.6) is 17.2 Å². The number of hydrogen-bond donors (Lipinski definition) is 0. The second-order valence-corrected chi connectivity index (χ2v) is 7.74. The predicted molar refractivity (Wildman–Crippen MR) is 129 cm³/mol. The van der Waals surface area contributed by atoms with E-state index in [4.69, 9.17) is 25.8 Å². The van der Waals surface area contributed by atoms with Crippen molar-refractivity contribution in [3.8, 4) is 17.2 Å². The van der Waals surface area contributed by atoms with Crippen LogP contribution in [0.2, 0.25) is 0 Å². The molecule has 0 bridgehead atoms. The van der Waals surface area contributed by atoms with Crippen molar-refractivity contribution < 1.29 is 19.0 Å². The minimum Gasteiger partial charge on any atom is -0.485 e. The highest BCUT2D eigenvalue weighted by Crippen LogP contribution is 2.40. The molecule has 0 fully saturated rings. The molecule has 4 rings (SSSR count). The Morgan fingerprint density at radius 2 is 0.939 bits per heavy atom. The molecule has 0 saturated heterocycles. The molecule has 0 unspecified atom stereocenters. The van der Waals surface area contributed by atoms with Gasteiger partial charge in [-0.3, -0.25) is 4.79 Å². The molecule has 0 atom stereocenters. The number of carbonyl (C=O) groups excluding carboxylic acids is 1. The van der Waals surface area contributed by atoms with Gasteiger partial charge in [0.2, 0.25) is 5.75 Å². The second-order valence-electron chi connectivity index (χ2n) is 7.40. The maximum atomic E-state index is 12.0. The Morgan fingerprint density at radius 3 is 1.30 bits per heavy atom. The van der Waals surface area contributed by atoms with Gasteiger partial charge in [-0.15, -0.1) is 0 Å². The lowest BCUT2D eigenvalue weighted by Gasteiger charge is -2.18. The zero-order valence-electron chi connectivity index (χ0n) is 17.9. The zero-order valence-corrected chi connectivity index (χ0v) is 18.7. The summed E-state index contributed by atoms with van der Waals surface area (Å²) >= 11 is 5.82. The van der Waals surface area contributed by atoms with Crippen LogP contribution < -0.4 is 14.2 Å². The van der Waals surface area contributed by atoms with Crippen molar-refractivity contribution in [2.24, 2.45) is 0 Å². The molecule has 0 N–H and O–H groups in total. The first-order valence-corrected chi connectivity index (χ1v) is 10.9. The lowest BCUT2D eigenvalue weighted by molar-refractivity contribution is 0.108. The van der Waals surface area contributed by atoms with E-state index in [9.17, 15) is 4.79 Å². The molecule has 0 aromatic heterocycles. The Hall–Kier alpha value is -3.76. The second kappa shape index (κ2) is 11.2. The van der Waals surface area contributed by atoms with Crippen LogP contribution in [0.3, 0.4) is 0 Å². The first-order valence-electron chi connectivity index (χ1n) is 10.6. The lowest BCUT2D eigenvalue weighted by Crippen LogP contribution is -2.05. The summed E-state index contributed by atoms with van der Waals surface area (Å²) in [5, 5.41) is -0.598. The average molecular weight is 459 g/mol. The molecule has 4 aromatic rings. The molecular formula is C28H23ClO4. The molecular weight excluding hydrogens is 436 g/mol. The van der Waals surface area contributed by atoms with E-state index < -0.39 is 5.24 Å². The van der Waals surface area contributed by atoms with Gasteiger partial charge in [0, 0.05) is 5.56 Å². The van der Waals surface area contributed by atoms with Crippen LogP contribution in [0.15, 0.2) is 103 Å². The van der Waals surface area contributed by atoms with Crippen molar-refractivity contribution in [3.63, 3.8) is 0 Å². The number of carbonyl (C=O) groups is 1. The summed E-state index contributed by atoms with van der Waals surface area (Å²) in [6, 6.07) is 32.5. The number of rotatable bonds is 10. The molecule has 0 aliphatic heterocycles. The van der Waals surface area contributed by atoms with Gasteiger partial charge in [-0.1, -0.05) is 91.0 Å². The van der Waals surface area contributed by atoms with E-state index in [0.29, 0.717) is 37.1 Å². The maximum Gasteiger partial charge on any atom is 0.252 e. The van der Waals surface area contributed by atoms with Gasteiger partial charge in [0.1, 0.15) is 19.8 Å². The summed E-state index contributed by atoms with van der Waals surface area (Å²) in [6.45, 7) is 0.930. The molecule has 0 spiro atoms.